The van der Waals surface area contributed by atoms with E-state index in [1.807, 2.05) is 0 Å². The van der Waals surface area contributed by atoms with Crippen LogP contribution in [0.4, 0.5) is 0 Å². The average molecular weight is 233 g/mol. The third-order valence-corrected chi connectivity index (χ3v) is 2.03. The molecule has 0 bridgehead atoms. The number of H-pyrrole nitrogens is 1. The van der Waals surface area contributed by atoms with Gasteiger partial charge in [-0.3, -0.25) is 14.8 Å². The predicted molar refractivity (Wildman–Crippen MR) is 44.0 cm³/mol. The Morgan fingerprint density at radius 3 is 2.92 bits per heavy atom. The van der Waals surface area contributed by atoms with Crippen LogP contribution in [0.3, 0.4) is 0 Å². The van der Waals surface area contributed by atoms with Crippen molar-refractivity contribution in [1.29, 1.82) is 0 Å². The van der Waals surface area contributed by atoms with Crippen LogP contribution >= 0.6 is 15.9 Å². The highest BCUT2D eigenvalue weighted by atomic mass is 79.9. The number of hydrogen-bond acceptors (Lipinski definition) is 3. The van der Waals surface area contributed by atoms with Crippen LogP contribution in [0.15, 0.2) is 21.5 Å². The molecule has 0 aromatic carbocycles. The van der Waals surface area contributed by atoms with Crippen molar-refractivity contribution in [2.75, 3.05) is 0 Å². The zero-order chi connectivity index (χ0) is 9.14. The molecule has 1 heterocycles. The zero-order valence-electron chi connectivity index (χ0n) is 5.80. The number of rotatable bonds is 1. The van der Waals surface area contributed by atoms with Crippen molar-refractivity contribution in [1.82, 2.24) is 10.5 Å². The van der Waals surface area contributed by atoms with Crippen molar-refractivity contribution < 1.29 is 10.0 Å². The number of hydrogen-bond donors (Lipinski definition) is 3. The molecule has 0 saturated carbocycles. The number of aromatic amines is 1. The van der Waals surface area contributed by atoms with Crippen LogP contribution in [-0.4, -0.2) is 16.1 Å². The molecule has 0 saturated heterocycles. The minimum Gasteiger partial charge on any atom is -0.328 e. The smallest absolute Gasteiger partial charge is 0.276 e. The lowest BCUT2D eigenvalue weighted by atomic mass is 10.2. The van der Waals surface area contributed by atoms with Gasteiger partial charge in [-0.25, -0.2) is 5.48 Å². The van der Waals surface area contributed by atoms with E-state index in [0.717, 1.165) is 0 Å². The molecule has 3 N–H and O–H groups in total. The summed E-state index contributed by atoms with van der Waals surface area (Å²) >= 11 is 2.91. The van der Waals surface area contributed by atoms with E-state index in [1.165, 1.54) is 17.7 Å². The number of halogens is 1. The van der Waals surface area contributed by atoms with Crippen molar-refractivity contribution in [3.05, 3.63) is 32.7 Å². The molecule has 0 aliphatic rings. The molecule has 0 fully saturated rings. The second-order valence-corrected chi connectivity index (χ2v) is 2.77. The normalized spacial score (nSPS) is 9.50. The molecular formula is C6H5BrN2O3. The van der Waals surface area contributed by atoms with E-state index < -0.39 is 11.5 Å². The summed E-state index contributed by atoms with van der Waals surface area (Å²) in [7, 11) is 0. The first-order chi connectivity index (χ1) is 5.66. The summed E-state index contributed by atoms with van der Waals surface area (Å²) in [6.07, 6.45) is 1.32. The SMILES string of the molecule is O=C(NO)c1cc[nH]c(=O)c1Br. The van der Waals surface area contributed by atoms with Gasteiger partial charge < -0.3 is 4.98 Å². The maximum absolute atomic E-state index is 10.9. The maximum atomic E-state index is 10.9. The molecular weight excluding hydrogens is 228 g/mol. The fraction of sp³-hybridized carbons (Fsp3) is 0. The van der Waals surface area contributed by atoms with Gasteiger partial charge in [0.1, 0.15) is 0 Å². The van der Waals surface area contributed by atoms with Crippen molar-refractivity contribution in [3.63, 3.8) is 0 Å². The molecule has 0 radical (unpaired) electrons. The number of carbonyl (C=O) groups excluding carboxylic acids is 1. The number of nitrogens with one attached hydrogen (secondary N) is 2. The van der Waals surface area contributed by atoms with Crippen LogP contribution in [0.1, 0.15) is 10.4 Å². The molecule has 1 aromatic heterocycles. The largest absolute Gasteiger partial charge is 0.328 e. The van der Waals surface area contributed by atoms with E-state index in [2.05, 4.69) is 20.9 Å². The quantitative estimate of drug-likeness (QED) is 0.480. The van der Waals surface area contributed by atoms with Crippen LogP contribution in [0.25, 0.3) is 0 Å². The Balaban J connectivity index is 3.26. The van der Waals surface area contributed by atoms with Crippen molar-refractivity contribution in [2.45, 2.75) is 0 Å². The van der Waals surface area contributed by atoms with Gasteiger partial charge in [0.05, 0.1) is 10.0 Å². The van der Waals surface area contributed by atoms with Gasteiger partial charge in [0.25, 0.3) is 11.5 Å². The molecule has 0 aliphatic carbocycles. The highest BCUT2D eigenvalue weighted by Gasteiger charge is 2.10. The first kappa shape index (κ1) is 8.95. The fourth-order valence-corrected chi connectivity index (χ4v) is 1.12. The molecule has 6 heteroatoms. The monoisotopic (exact) mass is 232 g/mol. The molecule has 5 nitrogen and oxygen atoms in total. The topological polar surface area (TPSA) is 82.2 Å². The number of hydroxylamine groups is 1. The van der Waals surface area contributed by atoms with Gasteiger partial charge in [-0.05, 0) is 22.0 Å². The van der Waals surface area contributed by atoms with Gasteiger partial charge in [-0.15, -0.1) is 0 Å². The molecule has 0 atom stereocenters. The summed E-state index contributed by atoms with van der Waals surface area (Å²) in [4.78, 5) is 24.1. The Morgan fingerprint density at radius 2 is 2.33 bits per heavy atom. The van der Waals surface area contributed by atoms with Crippen molar-refractivity contribution in [2.24, 2.45) is 0 Å². The highest BCUT2D eigenvalue weighted by molar-refractivity contribution is 9.10. The van der Waals surface area contributed by atoms with E-state index in [4.69, 9.17) is 5.21 Å². The summed E-state index contributed by atoms with van der Waals surface area (Å²) in [6, 6.07) is 1.37. The highest BCUT2D eigenvalue weighted by Crippen LogP contribution is 2.09. The van der Waals surface area contributed by atoms with Gasteiger partial charge in [0, 0.05) is 6.20 Å². The molecule has 1 amide bonds. The lowest BCUT2D eigenvalue weighted by Crippen LogP contribution is -2.22. The van der Waals surface area contributed by atoms with E-state index >= 15 is 0 Å². The Kier molecular flexibility index (Phi) is 2.61. The first-order valence-electron chi connectivity index (χ1n) is 2.98. The van der Waals surface area contributed by atoms with E-state index in [-0.39, 0.29) is 10.0 Å². The third kappa shape index (κ3) is 1.54. The summed E-state index contributed by atoms with van der Waals surface area (Å²) in [5.41, 5.74) is 1.09. The Labute approximate surface area is 75.5 Å². The van der Waals surface area contributed by atoms with Crippen LogP contribution in [0, 0.1) is 0 Å². The van der Waals surface area contributed by atoms with Gasteiger partial charge in [-0.1, -0.05) is 0 Å². The molecule has 12 heavy (non-hydrogen) atoms. The van der Waals surface area contributed by atoms with Gasteiger partial charge >= 0.3 is 0 Å². The number of aromatic nitrogens is 1. The van der Waals surface area contributed by atoms with E-state index in [1.54, 1.807) is 0 Å². The predicted octanol–water partition coefficient (Wildman–Crippen LogP) is 0.256. The Bertz CT molecular complexity index is 360. The van der Waals surface area contributed by atoms with Gasteiger partial charge in [-0.2, -0.15) is 0 Å². The fourth-order valence-electron chi connectivity index (χ4n) is 0.695. The molecule has 1 aromatic rings. The summed E-state index contributed by atoms with van der Waals surface area (Å²) in [5.74, 6) is -0.729. The van der Waals surface area contributed by atoms with E-state index in [9.17, 15) is 9.59 Å². The van der Waals surface area contributed by atoms with Gasteiger partial charge in [0.15, 0.2) is 0 Å². The van der Waals surface area contributed by atoms with Crippen LogP contribution in [0.2, 0.25) is 0 Å². The second kappa shape index (κ2) is 3.51. The molecule has 0 aliphatic heterocycles. The summed E-state index contributed by atoms with van der Waals surface area (Å²) < 4.78 is 0.0940. The number of carbonyl (C=O) groups is 1. The molecule has 1 rings (SSSR count). The van der Waals surface area contributed by atoms with Crippen molar-refractivity contribution in [3.8, 4) is 0 Å². The summed E-state index contributed by atoms with van der Waals surface area (Å²) in [5, 5.41) is 8.27. The Hall–Kier alpha value is -1.14. The first-order valence-corrected chi connectivity index (χ1v) is 3.77. The third-order valence-electron chi connectivity index (χ3n) is 1.25. The number of amides is 1. The zero-order valence-corrected chi connectivity index (χ0v) is 7.38. The standard InChI is InChI=1S/C6H5BrN2O3/c7-4-3(5(10)9-12)1-2-8-6(4)11/h1-2,12H,(H,8,11)(H,9,10). The maximum Gasteiger partial charge on any atom is 0.276 e. The van der Waals surface area contributed by atoms with Crippen LogP contribution in [0.5, 0.6) is 0 Å². The molecule has 0 unspecified atom stereocenters. The minimum absolute atomic E-state index is 0.0845. The average Bonchev–Trinajstić information content (AvgIpc) is 2.08. The number of pyridine rings is 1. The lowest BCUT2D eigenvalue weighted by molar-refractivity contribution is 0.0705. The summed E-state index contributed by atoms with van der Waals surface area (Å²) in [6.45, 7) is 0. The van der Waals surface area contributed by atoms with Crippen LogP contribution < -0.4 is 11.0 Å². The van der Waals surface area contributed by atoms with Gasteiger partial charge in [0.2, 0.25) is 0 Å². The lowest BCUT2D eigenvalue weighted by Gasteiger charge is -1.98. The Morgan fingerprint density at radius 1 is 1.67 bits per heavy atom. The molecule has 64 valence electrons. The minimum atomic E-state index is -0.729. The second-order valence-electron chi connectivity index (χ2n) is 1.98. The molecule has 0 spiro atoms. The van der Waals surface area contributed by atoms with Crippen LogP contribution in [-0.2, 0) is 0 Å². The van der Waals surface area contributed by atoms with Crippen molar-refractivity contribution >= 4 is 21.8 Å². The van der Waals surface area contributed by atoms with E-state index in [0.29, 0.717) is 0 Å².